The monoisotopic (exact) mass is 216 g/mol. The Hall–Kier alpha value is -1.58. The Bertz CT molecular complexity index is 498. The largest absolute Gasteiger partial charge is 0.340 e. The van der Waals surface area contributed by atoms with Crippen molar-refractivity contribution in [1.82, 2.24) is 19.7 Å². The minimum absolute atomic E-state index is 0.968. The van der Waals surface area contributed by atoms with Gasteiger partial charge < -0.3 is 4.98 Å². The van der Waals surface area contributed by atoms with Crippen molar-refractivity contribution in [2.24, 2.45) is 7.05 Å². The summed E-state index contributed by atoms with van der Waals surface area (Å²) in [5, 5.41) is 4.35. The summed E-state index contributed by atoms with van der Waals surface area (Å²) < 4.78 is 1.89. The molecule has 0 fully saturated rings. The second-order valence-electron chi connectivity index (χ2n) is 4.51. The molecule has 1 aliphatic carbocycles. The Morgan fingerprint density at radius 3 is 2.81 bits per heavy atom. The number of nitrogens with one attached hydrogen (secondary N) is 1. The molecule has 4 heteroatoms. The third-order valence-electron chi connectivity index (χ3n) is 3.20. The molecule has 0 spiro atoms. The molecule has 0 aliphatic heterocycles. The number of aromatic nitrogens is 4. The molecule has 84 valence electrons. The van der Waals surface area contributed by atoms with Gasteiger partial charge in [0.05, 0.1) is 11.4 Å². The van der Waals surface area contributed by atoms with Crippen LogP contribution in [0.5, 0.6) is 0 Å². The van der Waals surface area contributed by atoms with Crippen LogP contribution in [0.25, 0.3) is 11.5 Å². The fourth-order valence-electron chi connectivity index (χ4n) is 2.41. The highest BCUT2D eigenvalue weighted by atomic mass is 15.3. The molecule has 3 rings (SSSR count). The maximum atomic E-state index is 4.68. The van der Waals surface area contributed by atoms with Crippen LogP contribution in [0.3, 0.4) is 0 Å². The van der Waals surface area contributed by atoms with Crippen LogP contribution in [0.15, 0.2) is 6.07 Å². The number of hydrogen-bond donors (Lipinski definition) is 1. The summed E-state index contributed by atoms with van der Waals surface area (Å²) >= 11 is 0. The third-order valence-corrected chi connectivity index (χ3v) is 3.20. The lowest BCUT2D eigenvalue weighted by Crippen LogP contribution is -2.00. The molecule has 0 atom stereocenters. The lowest BCUT2D eigenvalue weighted by molar-refractivity contribution is 0.667. The Labute approximate surface area is 94.7 Å². The molecule has 2 heterocycles. The molecule has 0 aromatic carbocycles. The van der Waals surface area contributed by atoms with Gasteiger partial charge in [0.2, 0.25) is 0 Å². The van der Waals surface area contributed by atoms with Crippen LogP contribution < -0.4 is 0 Å². The normalized spacial score (nSPS) is 15.1. The van der Waals surface area contributed by atoms with Gasteiger partial charge in [-0.3, -0.25) is 4.68 Å². The minimum atomic E-state index is 0.968. The van der Waals surface area contributed by atoms with E-state index in [1.54, 1.807) is 0 Å². The second-order valence-corrected chi connectivity index (χ2v) is 4.51. The highest BCUT2D eigenvalue weighted by Gasteiger charge is 2.16. The average Bonchev–Trinajstić information content (AvgIpc) is 2.81. The zero-order valence-corrected chi connectivity index (χ0v) is 9.75. The van der Waals surface area contributed by atoms with Crippen LogP contribution in [-0.2, 0) is 19.9 Å². The minimum Gasteiger partial charge on any atom is -0.340 e. The van der Waals surface area contributed by atoms with Crippen molar-refractivity contribution < 1.29 is 0 Å². The van der Waals surface area contributed by atoms with E-state index in [0.29, 0.717) is 0 Å². The van der Waals surface area contributed by atoms with Gasteiger partial charge in [-0.05, 0) is 38.7 Å². The summed E-state index contributed by atoms with van der Waals surface area (Å²) in [6, 6.07) is 2.07. The van der Waals surface area contributed by atoms with Gasteiger partial charge in [0.1, 0.15) is 5.69 Å². The van der Waals surface area contributed by atoms with E-state index in [1.165, 1.54) is 24.2 Å². The quantitative estimate of drug-likeness (QED) is 0.792. The van der Waals surface area contributed by atoms with Crippen molar-refractivity contribution in [3.8, 4) is 11.5 Å². The molecule has 2 aromatic rings. The molecule has 0 saturated heterocycles. The zero-order valence-electron chi connectivity index (χ0n) is 9.75. The molecular weight excluding hydrogens is 200 g/mol. The zero-order chi connectivity index (χ0) is 11.1. The molecule has 0 bridgehead atoms. The third kappa shape index (κ3) is 1.45. The topological polar surface area (TPSA) is 46.5 Å². The first-order valence-corrected chi connectivity index (χ1v) is 5.83. The molecule has 0 saturated carbocycles. The van der Waals surface area contributed by atoms with Gasteiger partial charge in [0.15, 0.2) is 5.82 Å². The van der Waals surface area contributed by atoms with E-state index >= 15 is 0 Å². The Balaban J connectivity index is 2.06. The van der Waals surface area contributed by atoms with Crippen LogP contribution in [0.4, 0.5) is 0 Å². The average molecular weight is 216 g/mol. The molecule has 2 aromatic heterocycles. The predicted molar refractivity (Wildman–Crippen MR) is 62.2 cm³/mol. The second kappa shape index (κ2) is 3.47. The van der Waals surface area contributed by atoms with Crippen LogP contribution in [0.2, 0.25) is 0 Å². The summed E-state index contributed by atoms with van der Waals surface area (Å²) in [5.74, 6) is 0.968. The first-order valence-electron chi connectivity index (χ1n) is 5.83. The summed E-state index contributed by atoms with van der Waals surface area (Å²) in [4.78, 5) is 8.11. The molecule has 16 heavy (non-hydrogen) atoms. The molecule has 0 amide bonds. The van der Waals surface area contributed by atoms with Crippen molar-refractivity contribution in [3.05, 3.63) is 23.1 Å². The summed E-state index contributed by atoms with van der Waals surface area (Å²) in [5.41, 5.74) is 4.68. The number of imidazole rings is 1. The SMILES string of the molecule is Cc1cc(-c2nc3c([nH]2)CCCC3)n(C)n1. The van der Waals surface area contributed by atoms with E-state index in [1.807, 2.05) is 18.7 Å². The van der Waals surface area contributed by atoms with Gasteiger partial charge in [0.25, 0.3) is 0 Å². The van der Waals surface area contributed by atoms with Crippen LogP contribution in [0, 0.1) is 6.92 Å². The summed E-state index contributed by atoms with van der Waals surface area (Å²) in [6.07, 6.45) is 4.79. The standard InChI is InChI=1S/C12H16N4/c1-8-7-11(16(2)15-8)12-13-9-5-3-4-6-10(9)14-12/h7H,3-6H2,1-2H3,(H,13,14). The Morgan fingerprint density at radius 2 is 2.12 bits per heavy atom. The van der Waals surface area contributed by atoms with Crippen LogP contribution in [0.1, 0.15) is 29.9 Å². The van der Waals surface area contributed by atoms with E-state index in [0.717, 1.165) is 30.1 Å². The molecule has 1 aliphatic rings. The van der Waals surface area contributed by atoms with Gasteiger partial charge in [-0.25, -0.2) is 4.98 Å². The molecule has 0 radical (unpaired) electrons. The molecule has 1 N–H and O–H groups in total. The van der Waals surface area contributed by atoms with Crippen molar-refractivity contribution in [3.63, 3.8) is 0 Å². The number of fused-ring (bicyclic) bond motifs is 1. The number of aromatic amines is 1. The first-order chi connectivity index (χ1) is 7.74. The van der Waals surface area contributed by atoms with E-state index < -0.39 is 0 Å². The number of hydrogen-bond acceptors (Lipinski definition) is 2. The number of rotatable bonds is 1. The molecule has 4 nitrogen and oxygen atoms in total. The van der Waals surface area contributed by atoms with E-state index in [9.17, 15) is 0 Å². The smallest absolute Gasteiger partial charge is 0.156 e. The van der Waals surface area contributed by atoms with E-state index in [4.69, 9.17) is 0 Å². The Morgan fingerprint density at radius 1 is 1.31 bits per heavy atom. The van der Waals surface area contributed by atoms with Gasteiger partial charge >= 0.3 is 0 Å². The maximum absolute atomic E-state index is 4.68. The van der Waals surface area contributed by atoms with Crippen molar-refractivity contribution in [1.29, 1.82) is 0 Å². The molecule has 0 unspecified atom stereocenters. The maximum Gasteiger partial charge on any atom is 0.156 e. The first kappa shape index (κ1) is 9.63. The predicted octanol–water partition coefficient (Wildman–Crippen LogP) is 2.00. The lowest BCUT2D eigenvalue weighted by Gasteiger charge is -2.07. The van der Waals surface area contributed by atoms with Crippen LogP contribution in [-0.4, -0.2) is 19.7 Å². The van der Waals surface area contributed by atoms with E-state index in [-0.39, 0.29) is 0 Å². The fourth-order valence-corrected chi connectivity index (χ4v) is 2.41. The van der Waals surface area contributed by atoms with Crippen molar-refractivity contribution in [2.75, 3.05) is 0 Å². The number of H-pyrrole nitrogens is 1. The van der Waals surface area contributed by atoms with Gasteiger partial charge in [0, 0.05) is 12.7 Å². The van der Waals surface area contributed by atoms with Crippen molar-refractivity contribution >= 4 is 0 Å². The van der Waals surface area contributed by atoms with Crippen LogP contribution >= 0.6 is 0 Å². The van der Waals surface area contributed by atoms with Gasteiger partial charge in [-0.15, -0.1) is 0 Å². The van der Waals surface area contributed by atoms with E-state index in [2.05, 4.69) is 21.1 Å². The summed E-state index contributed by atoms with van der Waals surface area (Å²) in [6.45, 7) is 2.01. The van der Waals surface area contributed by atoms with Gasteiger partial charge in [-0.2, -0.15) is 5.10 Å². The summed E-state index contributed by atoms with van der Waals surface area (Å²) in [7, 11) is 1.96. The fraction of sp³-hybridized carbons (Fsp3) is 0.500. The number of nitrogens with zero attached hydrogens (tertiary/aromatic N) is 3. The highest BCUT2D eigenvalue weighted by molar-refractivity contribution is 5.52. The number of aryl methyl sites for hydroxylation is 4. The van der Waals surface area contributed by atoms with Crippen molar-refractivity contribution in [2.45, 2.75) is 32.6 Å². The molecular formula is C12H16N4. The highest BCUT2D eigenvalue weighted by Crippen LogP contribution is 2.23. The van der Waals surface area contributed by atoms with Gasteiger partial charge in [-0.1, -0.05) is 0 Å². The lowest BCUT2D eigenvalue weighted by atomic mass is 10.0. The Kier molecular flexibility index (Phi) is 2.09.